The monoisotopic (exact) mass is 388 g/mol. The van der Waals surface area contributed by atoms with Crippen molar-refractivity contribution >= 4 is 62.8 Å². The van der Waals surface area contributed by atoms with Crippen LogP contribution in [0, 0.1) is 0 Å². The van der Waals surface area contributed by atoms with Gasteiger partial charge in [-0.2, -0.15) is 25.3 Å². The Labute approximate surface area is 141 Å². The van der Waals surface area contributed by atoms with E-state index in [1.807, 2.05) is 0 Å². The maximum absolute atomic E-state index is 4.65. The number of hydrogen-bond donors (Lipinski definition) is 2. The SMILES string of the molecule is SCc1ccc(C(S)SSc2ccc(Br)cc2)cc1. The van der Waals surface area contributed by atoms with E-state index in [0.29, 0.717) is 0 Å². The van der Waals surface area contributed by atoms with Gasteiger partial charge in [-0.25, -0.2) is 0 Å². The Bertz CT molecular complexity index is 510. The number of halogens is 1. The maximum Gasteiger partial charge on any atom is 0.0828 e. The van der Waals surface area contributed by atoms with Crippen LogP contribution in [0.1, 0.15) is 15.7 Å². The van der Waals surface area contributed by atoms with E-state index >= 15 is 0 Å². The Morgan fingerprint density at radius 3 is 2.21 bits per heavy atom. The molecule has 2 aromatic rings. The summed E-state index contributed by atoms with van der Waals surface area (Å²) in [5.41, 5.74) is 2.46. The molecule has 0 aromatic heterocycles. The first-order valence-corrected chi connectivity index (χ1v) is 9.81. The van der Waals surface area contributed by atoms with Crippen molar-refractivity contribution in [1.82, 2.24) is 0 Å². The number of hydrogen-bond acceptors (Lipinski definition) is 4. The molecular weight excluding hydrogens is 376 g/mol. The first kappa shape index (κ1) is 15.7. The Hall–Kier alpha value is 0.320. The Morgan fingerprint density at radius 1 is 1.00 bits per heavy atom. The first-order chi connectivity index (χ1) is 9.19. The van der Waals surface area contributed by atoms with Gasteiger partial charge >= 0.3 is 0 Å². The molecule has 5 heteroatoms. The fourth-order valence-electron chi connectivity index (χ4n) is 1.43. The zero-order chi connectivity index (χ0) is 13.7. The molecule has 0 saturated heterocycles. The summed E-state index contributed by atoms with van der Waals surface area (Å²) in [6.07, 6.45) is 0. The van der Waals surface area contributed by atoms with Gasteiger partial charge in [0.25, 0.3) is 0 Å². The molecule has 1 atom stereocenters. The third-order valence-electron chi connectivity index (χ3n) is 2.50. The lowest BCUT2D eigenvalue weighted by Gasteiger charge is -2.10. The molecule has 19 heavy (non-hydrogen) atoms. The fraction of sp³-hybridized carbons (Fsp3) is 0.143. The molecule has 0 fully saturated rings. The van der Waals surface area contributed by atoms with Gasteiger partial charge in [-0.05, 0) is 35.4 Å². The van der Waals surface area contributed by atoms with Crippen LogP contribution in [0.4, 0.5) is 0 Å². The standard InChI is InChI=1S/C14H13BrS4/c15-12-5-7-13(8-6-12)18-19-14(17)11-3-1-10(9-16)2-4-11/h1-8,14,16-17H,9H2. The quantitative estimate of drug-likeness (QED) is 0.353. The van der Waals surface area contributed by atoms with Gasteiger partial charge in [-0.15, -0.1) is 0 Å². The third kappa shape index (κ3) is 4.97. The summed E-state index contributed by atoms with van der Waals surface area (Å²) in [7, 11) is 3.49. The van der Waals surface area contributed by atoms with E-state index in [1.165, 1.54) is 16.0 Å². The van der Waals surface area contributed by atoms with Crippen molar-refractivity contribution in [2.75, 3.05) is 0 Å². The summed E-state index contributed by atoms with van der Waals surface area (Å²) in [5.74, 6) is 0.776. The van der Waals surface area contributed by atoms with E-state index in [2.05, 4.69) is 89.7 Å². The Kier molecular flexibility index (Phi) is 6.56. The molecule has 0 N–H and O–H groups in total. The molecule has 0 aliphatic carbocycles. The van der Waals surface area contributed by atoms with Crippen molar-refractivity contribution < 1.29 is 0 Å². The summed E-state index contributed by atoms with van der Waals surface area (Å²) in [4.78, 5) is 1.24. The zero-order valence-corrected chi connectivity index (χ0v) is 15.0. The van der Waals surface area contributed by atoms with Crippen LogP contribution in [0.5, 0.6) is 0 Å². The zero-order valence-electron chi connectivity index (χ0n) is 9.99. The minimum absolute atomic E-state index is 0.169. The third-order valence-corrected chi connectivity index (χ3v) is 6.89. The lowest BCUT2D eigenvalue weighted by Crippen LogP contribution is -1.85. The average molecular weight is 389 g/mol. The first-order valence-electron chi connectivity index (χ1n) is 5.65. The summed E-state index contributed by atoms with van der Waals surface area (Å²) in [6, 6.07) is 16.8. The number of thiol groups is 2. The molecule has 0 radical (unpaired) electrons. The molecule has 0 saturated carbocycles. The minimum atomic E-state index is 0.169. The largest absolute Gasteiger partial charge is 0.175 e. The molecule has 2 rings (SSSR count). The minimum Gasteiger partial charge on any atom is -0.175 e. The molecule has 0 aliphatic heterocycles. The smallest absolute Gasteiger partial charge is 0.0828 e. The molecule has 0 spiro atoms. The average Bonchev–Trinajstić information content (AvgIpc) is 2.46. The van der Waals surface area contributed by atoms with Gasteiger partial charge in [0.05, 0.1) is 4.58 Å². The van der Waals surface area contributed by atoms with Crippen LogP contribution in [0.3, 0.4) is 0 Å². The molecule has 1 unspecified atom stereocenters. The molecule has 2 aromatic carbocycles. The van der Waals surface area contributed by atoms with E-state index in [9.17, 15) is 0 Å². The topological polar surface area (TPSA) is 0 Å². The fourth-order valence-corrected chi connectivity index (χ4v) is 4.46. The second-order valence-electron chi connectivity index (χ2n) is 3.89. The van der Waals surface area contributed by atoms with Crippen LogP contribution >= 0.6 is 62.8 Å². The highest BCUT2D eigenvalue weighted by atomic mass is 79.9. The van der Waals surface area contributed by atoms with Crippen molar-refractivity contribution in [2.45, 2.75) is 15.2 Å². The Morgan fingerprint density at radius 2 is 1.63 bits per heavy atom. The predicted octanol–water partition coefficient (Wildman–Crippen LogP) is 6.25. The Balaban J connectivity index is 1.93. The van der Waals surface area contributed by atoms with Crippen molar-refractivity contribution in [3.63, 3.8) is 0 Å². The van der Waals surface area contributed by atoms with Crippen molar-refractivity contribution in [3.05, 3.63) is 64.1 Å². The van der Waals surface area contributed by atoms with Crippen LogP contribution in [-0.4, -0.2) is 0 Å². The van der Waals surface area contributed by atoms with E-state index in [4.69, 9.17) is 0 Å². The van der Waals surface area contributed by atoms with Crippen LogP contribution in [0.25, 0.3) is 0 Å². The predicted molar refractivity (Wildman–Crippen MR) is 98.4 cm³/mol. The molecule has 0 amide bonds. The number of benzene rings is 2. The highest BCUT2D eigenvalue weighted by Crippen LogP contribution is 2.44. The second kappa shape index (κ2) is 7.93. The van der Waals surface area contributed by atoms with E-state index in [0.717, 1.165) is 10.2 Å². The van der Waals surface area contributed by atoms with Gasteiger partial charge in [0, 0.05) is 15.1 Å². The molecule has 100 valence electrons. The molecular formula is C14H13BrS4. The molecule has 0 nitrogen and oxygen atoms in total. The van der Waals surface area contributed by atoms with E-state index < -0.39 is 0 Å². The van der Waals surface area contributed by atoms with Crippen molar-refractivity contribution in [2.24, 2.45) is 0 Å². The van der Waals surface area contributed by atoms with Crippen LogP contribution < -0.4 is 0 Å². The lowest BCUT2D eigenvalue weighted by atomic mass is 10.2. The van der Waals surface area contributed by atoms with E-state index in [1.54, 1.807) is 21.6 Å². The van der Waals surface area contributed by atoms with Gasteiger partial charge in [-0.3, -0.25) is 0 Å². The van der Waals surface area contributed by atoms with Gasteiger partial charge in [0.1, 0.15) is 0 Å². The lowest BCUT2D eigenvalue weighted by molar-refractivity contribution is 1.34. The normalized spacial score (nSPS) is 12.4. The van der Waals surface area contributed by atoms with Crippen LogP contribution in [-0.2, 0) is 5.75 Å². The summed E-state index contributed by atoms with van der Waals surface area (Å²) < 4.78 is 1.27. The highest BCUT2D eigenvalue weighted by molar-refractivity contribution is 9.10. The highest BCUT2D eigenvalue weighted by Gasteiger charge is 2.08. The second-order valence-corrected chi connectivity index (χ2v) is 8.36. The maximum atomic E-state index is 4.65. The molecule has 0 aliphatic rings. The van der Waals surface area contributed by atoms with Gasteiger partial charge in [0.2, 0.25) is 0 Å². The molecule has 0 bridgehead atoms. The number of rotatable bonds is 5. The summed E-state index contributed by atoms with van der Waals surface area (Å²) >= 11 is 12.3. The van der Waals surface area contributed by atoms with E-state index in [-0.39, 0.29) is 4.58 Å². The van der Waals surface area contributed by atoms with Crippen LogP contribution in [0.2, 0.25) is 0 Å². The van der Waals surface area contributed by atoms with Crippen molar-refractivity contribution in [3.8, 4) is 0 Å². The van der Waals surface area contributed by atoms with Gasteiger partial charge < -0.3 is 0 Å². The van der Waals surface area contributed by atoms with Crippen LogP contribution in [0.15, 0.2) is 57.9 Å². The summed E-state index contributed by atoms with van der Waals surface area (Å²) in [6.45, 7) is 0. The molecule has 0 heterocycles. The summed E-state index contributed by atoms with van der Waals surface area (Å²) in [5, 5.41) is 0. The van der Waals surface area contributed by atoms with Gasteiger partial charge in [-0.1, -0.05) is 61.8 Å². The van der Waals surface area contributed by atoms with Gasteiger partial charge in [0.15, 0.2) is 0 Å². The van der Waals surface area contributed by atoms with Crippen molar-refractivity contribution in [1.29, 1.82) is 0 Å².